The van der Waals surface area contributed by atoms with Crippen LogP contribution in [0.4, 0.5) is 5.69 Å². The van der Waals surface area contributed by atoms with E-state index in [0.29, 0.717) is 4.60 Å². The first kappa shape index (κ1) is 15.9. The fourth-order valence-corrected chi connectivity index (χ4v) is 2.66. The summed E-state index contributed by atoms with van der Waals surface area (Å²) >= 11 is 9.09. The number of nitrogens with two attached hydrogens (primary N) is 1. The summed E-state index contributed by atoms with van der Waals surface area (Å²) in [5.41, 5.74) is 0.429. The van der Waals surface area contributed by atoms with Gasteiger partial charge in [-0.15, -0.1) is 0 Å². The predicted octanol–water partition coefficient (Wildman–Crippen LogP) is 2.40. The third-order valence-electron chi connectivity index (χ3n) is 2.52. The maximum atomic E-state index is 12.1. The monoisotopic (exact) mass is 389 g/mol. The maximum absolute atomic E-state index is 12.1. The average molecular weight is 391 g/mol. The van der Waals surface area contributed by atoms with Crippen molar-refractivity contribution in [3.63, 3.8) is 0 Å². The third kappa shape index (κ3) is 3.79. The zero-order chi connectivity index (χ0) is 15.6. The van der Waals surface area contributed by atoms with E-state index in [1.54, 1.807) is 12.1 Å². The summed E-state index contributed by atoms with van der Waals surface area (Å²) in [6.07, 6.45) is 1.52. The molecule has 1 amide bonds. The van der Waals surface area contributed by atoms with Crippen LogP contribution in [0, 0.1) is 0 Å². The summed E-state index contributed by atoms with van der Waals surface area (Å²) in [6, 6.07) is 6.95. The normalized spacial score (nSPS) is 11.2. The van der Waals surface area contributed by atoms with Crippen molar-refractivity contribution in [2.45, 2.75) is 4.90 Å². The molecule has 0 bridgehead atoms. The minimum absolute atomic E-state index is 0.143. The molecule has 0 saturated carbocycles. The Bertz CT molecular complexity index is 811. The van der Waals surface area contributed by atoms with Gasteiger partial charge in [0.25, 0.3) is 5.91 Å². The molecule has 9 heteroatoms. The lowest BCUT2D eigenvalue weighted by atomic mass is 10.2. The number of amides is 1. The summed E-state index contributed by atoms with van der Waals surface area (Å²) in [5, 5.41) is 7.75. The summed E-state index contributed by atoms with van der Waals surface area (Å²) < 4.78 is 23.0. The molecular formula is C12H9BrClN3O3S. The lowest BCUT2D eigenvalue weighted by Crippen LogP contribution is -2.15. The van der Waals surface area contributed by atoms with E-state index in [1.807, 2.05) is 0 Å². The van der Waals surface area contributed by atoms with Crippen LogP contribution in [-0.2, 0) is 10.0 Å². The predicted molar refractivity (Wildman–Crippen MR) is 82.7 cm³/mol. The number of halogens is 2. The number of anilines is 1. The summed E-state index contributed by atoms with van der Waals surface area (Å²) in [6.45, 7) is 0. The van der Waals surface area contributed by atoms with Crippen LogP contribution in [0.3, 0.4) is 0 Å². The topological polar surface area (TPSA) is 102 Å². The first-order valence-electron chi connectivity index (χ1n) is 5.53. The number of carbonyl (C=O) groups excluding carboxylic acids is 1. The van der Waals surface area contributed by atoms with Crippen LogP contribution < -0.4 is 10.5 Å². The molecule has 1 aromatic carbocycles. The average Bonchev–Trinajstić information content (AvgIpc) is 2.40. The zero-order valence-corrected chi connectivity index (χ0v) is 13.5. The highest BCUT2D eigenvalue weighted by atomic mass is 79.9. The number of nitrogens with zero attached hydrogens (tertiary/aromatic N) is 1. The molecule has 0 aliphatic heterocycles. The quantitative estimate of drug-likeness (QED) is 0.786. The molecule has 2 rings (SSSR count). The number of sulfonamides is 1. The van der Waals surface area contributed by atoms with Crippen molar-refractivity contribution >= 4 is 49.1 Å². The lowest BCUT2D eigenvalue weighted by Gasteiger charge is -2.09. The minimum atomic E-state index is -3.88. The van der Waals surface area contributed by atoms with E-state index in [2.05, 4.69) is 26.2 Å². The van der Waals surface area contributed by atoms with E-state index in [4.69, 9.17) is 16.7 Å². The molecule has 2 aromatic rings. The molecule has 1 heterocycles. The Balaban J connectivity index is 2.36. The molecule has 3 N–H and O–H groups in total. The highest BCUT2D eigenvalue weighted by Gasteiger charge is 2.15. The zero-order valence-electron chi connectivity index (χ0n) is 10.4. The van der Waals surface area contributed by atoms with Crippen molar-refractivity contribution < 1.29 is 13.2 Å². The molecule has 0 atom stereocenters. The second-order valence-corrected chi connectivity index (χ2v) is 6.70. The summed E-state index contributed by atoms with van der Waals surface area (Å²) in [4.78, 5) is 15.9. The number of nitrogens with one attached hydrogen (secondary N) is 1. The first-order chi connectivity index (χ1) is 9.79. The Morgan fingerprint density at radius 1 is 1.33 bits per heavy atom. The molecule has 0 radical (unpaired) electrons. The van der Waals surface area contributed by atoms with E-state index in [1.165, 1.54) is 24.4 Å². The Labute approximate surface area is 134 Å². The van der Waals surface area contributed by atoms with Crippen molar-refractivity contribution in [2.24, 2.45) is 5.14 Å². The molecule has 0 aliphatic rings. The Kier molecular flexibility index (Phi) is 4.62. The summed E-state index contributed by atoms with van der Waals surface area (Å²) in [5.74, 6) is -0.483. The SMILES string of the molecule is NS(=O)(=O)c1ccc(Cl)c(NC(=O)c2cccnc2Br)c1. The van der Waals surface area contributed by atoms with Crippen LogP contribution in [0.5, 0.6) is 0 Å². The number of carbonyl (C=O) groups is 1. The van der Waals surface area contributed by atoms with Gasteiger partial charge >= 0.3 is 0 Å². The Hall–Kier alpha value is -1.48. The van der Waals surface area contributed by atoms with Crippen molar-refractivity contribution in [3.05, 3.63) is 51.7 Å². The number of primary sulfonamides is 1. The molecule has 1 aromatic heterocycles. The molecule has 110 valence electrons. The molecule has 6 nitrogen and oxygen atoms in total. The third-order valence-corrected chi connectivity index (χ3v) is 4.39. The highest BCUT2D eigenvalue weighted by molar-refractivity contribution is 9.10. The number of aromatic nitrogens is 1. The van der Waals surface area contributed by atoms with Gasteiger partial charge in [0.1, 0.15) is 4.60 Å². The van der Waals surface area contributed by atoms with Crippen LogP contribution in [0.25, 0.3) is 0 Å². The van der Waals surface area contributed by atoms with Gasteiger partial charge in [0, 0.05) is 6.20 Å². The van der Waals surface area contributed by atoms with E-state index in [9.17, 15) is 13.2 Å². The van der Waals surface area contributed by atoms with Crippen molar-refractivity contribution in [1.82, 2.24) is 4.98 Å². The molecule has 21 heavy (non-hydrogen) atoms. The number of rotatable bonds is 3. The molecule has 0 saturated heterocycles. The molecular weight excluding hydrogens is 382 g/mol. The number of benzene rings is 1. The number of hydrogen-bond acceptors (Lipinski definition) is 4. The van der Waals surface area contributed by atoms with Crippen LogP contribution in [-0.4, -0.2) is 19.3 Å². The van der Waals surface area contributed by atoms with Gasteiger partial charge in [0.05, 0.1) is 21.2 Å². The largest absolute Gasteiger partial charge is 0.321 e. The van der Waals surface area contributed by atoms with Gasteiger partial charge < -0.3 is 5.32 Å². The fourth-order valence-electron chi connectivity index (χ4n) is 1.52. The second kappa shape index (κ2) is 6.10. The van der Waals surface area contributed by atoms with Crippen LogP contribution in [0.2, 0.25) is 5.02 Å². The van der Waals surface area contributed by atoms with E-state index >= 15 is 0 Å². The van der Waals surface area contributed by atoms with Gasteiger partial charge in [-0.05, 0) is 46.3 Å². The first-order valence-corrected chi connectivity index (χ1v) is 8.25. The van der Waals surface area contributed by atoms with E-state index in [0.717, 1.165) is 0 Å². The van der Waals surface area contributed by atoms with Crippen LogP contribution >= 0.6 is 27.5 Å². The van der Waals surface area contributed by atoms with Crippen molar-refractivity contribution in [2.75, 3.05) is 5.32 Å². The number of hydrogen-bond donors (Lipinski definition) is 2. The standard InChI is InChI=1S/C12H9BrClN3O3S/c13-11-8(2-1-5-16-11)12(18)17-10-6-7(21(15,19)20)3-4-9(10)14/h1-6H,(H,17,18)(H2,15,19,20). The molecule has 0 fully saturated rings. The van der Waals surface area contributed by atoms with Gasteiger partial charge in [0.2, 0.25) is 10.0 Å². The van der Waals surface area contributed by atoms with Gasteiger partial charge in [0.15, 0.2) is 0 Å². The highest BCUT2D eigenvalue weighted by Crippen LogP contribution is 2.26. The van der Waals surface area contributed by atoms with Gasteiger partial charge in [-0.3, -0.25) is 4.79 Å². The minimum Gasteiger partial charge on any atom is -0.321 e. The van der Waals surface area contributed by atoms with E-state index < -0.39 is 15.9 Å². The Morgan fingerprint density at radius 3 is 2.67 bits per heavy atom. The lowest BCUT2D eigenvalue weighted by molar-refractivity contribution is 0.102. The van der Waals surface area contributed by atoms with Crippen molar-refractivity contribution in [3.8, 4) is 0 Å². The molecule has 0 unspecified atom stereocenters. The van der Waals surface area contributed by atoms with Gasteiger partial charge in [-0.2, -0.15) is 0 Å². The van der Waals surface area contributed by atoms with E-state index in [-0.39, 0.29) is 21.2 Å². The Morgan fingerprint density at radius 2 is 2.05 bits per heavy atom. The van der Waals surface area contributed by atoms with Crippen molar-refractivity contribution in [1.29, 1.82) is 0 Å². The molecule has 0 aliphatic carbocycles. The fraction of sp³-hybridized carbons (Fsp3) is 0. The van der Waals surface area contributed by atoms with Gasteiger partial charge in [-0.25, -0.2) is 18.5 Å². The van der Waals surface area contributed by atoms with Crippen LogP contribution in [0.1, 0.15) is 10.4 Å². The molecule has 0 spiro atoms. The number of pyridine rings is 1. The maximum Gasteiger partial charge on any atom is 0.258 e. The second-order valence-electron chi connectivity index (χ2n) is 3.98. The summed E-state index contributed by atoms with van der Waals surface area (Å²) in [7, 11) is -3.88. The smallest absolute Gasteiger partial charge is 0.258 e. The van der Waals surface area contributed by atoms with Crippen LogP contribution in [0.15, 0.2) is 46.0 Å². The van der Waals surface area contributed by atoms with Gasteiger partial charge in [-0.1, -0.05) is 11.6 Å².